The molecule has 0 saturated carbocycles. The van der Waals surface area contributed by atoms with Crippen LogP contribution in [0.3, 0.4) is 0 Å². The predicted molar refractivity (Wildman–Crippen MR) is 61.9 cm³/mol. The molecule has 0 radical (unpaired) electrons. The third-order valence-corrected chi connectivity index (χ3v) is 2.88. The fourth-order valence-corrected chi connectivity index (χ4v) is 1.75. The maximum Gasteiger partial charge on any atom is 0.282 e. The summed E-state index contributed by atoms with van der Waals surface area (Å²) in [4.78, 5) is 15.6. The van der Waals surface area contributed by atoms with Gasteiger partial charge in [0, 0.05) is 20.0 Å². The van der Waals surface area contributed by atoms with Gasteiger partial charge in [0.25, 0.3) is 5.91 Å². The number of anilines is 1. The van der Waals surface area contributed by atoms with Gasteiger partial charge in [0.05, 0.1) is 0 Å². The Bertz CT molecular complexity index is 480. The topological polar surface area (TPSA) is 108 Å². The second-order valence-corrected chi connectivity index (χ2v) is 4.08. The smallest absolute Gasteiger partial charge is 0.282 e. The van der Waals surface area contributed by atoms with Crippen molar-refractivity contribution >= 4 is 22.4 Å². The van der Waals surface area contributed by atoms with Crippen LogP contribution in [0.1, 0.15) is 15.6 Å². The predicted octanol–water partition coefficient (Wildman–Crippen LogP) is -0.330. The Morgan fingerprint density at radius 3 is 3.06 bits per heavy atom. The van der Waals surface area contributed by atoms with E-state index in [1.165, 1.54) is 17.7 Å². The number of aromatic amines is 1. The molecule has 0 aromatic carbocycles. The summed E-state index contributed by atoms with van der Waals surface area (Å²) < 4.78 is 0. The van der Waals surface area contributed by atoms with E-state index in [2.05, 4.69) is 36.0 Å². The van der Waals surface area contributed by atoms with E-state index in [9.17, 15) is 4.79 Å². The summed E-state index contributed by atoms with van der Waals surface area (Å²) in [7, 11) is 1.73. The third-order valence-electron chi connectivity index (χ3n) is 1.95. The lowest BCUT2D eigenvalue weighted by atomic mass is 10.4. The lowest BCUT2D eigenvalue weighted by Crippen LogP contribution is -2.25. The Labute approximate surface area is 101 Å². The summed E-state index contributed by atoms with van der Waals surface area (Å²) in [5.41, 5.74) is 0. The molecule has 2 aromatic heterocycles. The standard InChI is InChI=1S/C8H11N7OS/c1-9-8-15-14-7(17-8)6(16)10-3-2-5-11-4-12-13-5/h4H,2-3H2,1H3,(H,9,15)(H,10,16)(H,11,12,13). The number of carbonyl (C=O) groups excluding carboxylic acids is 1. The number of nitrogens with zero attached hydrogens (tertiary/aromatic N) is 4. The Kier molecular flexibility index (Phi) is 3.60. The molecule has 0 saturated heterocycles. The van der Waals surface area contributed by atoms with Crippen LogP contribution < -0.4 is 10.6 Å². The number of carbonyl (C=O) groups is 1. The zero-order valence-corrected chi connectivity index (χ0v) is 9.91. The van der Waals surface area contributed by atoms with E-state index in [4.69, 9.17) is 0 Å². The average Bonchev–Trinajstić information content (AvgIpc) is 2.99. The van der Waals surface area contributed by atoms with Gasteiger partial charge in [-0.3, -0.25) is 9.89 Å². The first kappa shape index (κ1) is 11.5. The lowest BCUT2D eigenvalue weighted by Gasteiger charge is -1.99. The van der Waals surface area contributed by atoms with Gasteiger partial charge in [0.1, 0.15) is 12.2 Å². The number of hydrogen-bond acceptors (Lipinski definition) is 7. The molecule has 1 amide bonds. The number of amides is 1. The first-order valence-electron chi connectivity index (χ1n) is 4.93. The summed E-state index contributed by atoms with van der Waals surface area (Å²) in [6.45, 7) is 0.475. The number of rotatable bonds is 5. The highest BCUT2D eigenvalue weighted by atomic mass is 32.1. The van der Waals surface area contributed by atoms with E-state index >= 15 is 0 Å². The van der Waals surface area contributed by atoms with Gasteiger partial charge < -0.3 is 10.6 Å². The van der Waals surface area contributed by atoms with Crippen molar-refractivity contribution in [2.75, 3.05) is 18.9 Å². The van der Waals surface area contributed by atoms with E-state index < -0.39 is 0 Å². The van der Waals surface area contributed by atoms with Gasteiger partial charge in [-0.1, -0.05) is 11.3 Å². The van der Waals surface area contributed by atoms with Gasteiger partial charge in [-0.2, -0.15) is 5.10 Å². The average molecular weight is 253 g/mol. The second-order valence-electron chi connectivity index (χ2n) is 3.10. The molecule has 0 fully saturated rings. The van der Waals surface area contributed by atoms with E-state index in [0.29, 0.717) is 23.1 Å². The van der Waals surface area contributed by atoms with Crippen molar-refractivity contribution in [2.45, 2.75) is 6.42 Å². The molecular weight excluding hydrogens is 242 g/mol. The molecule has 2 heterocycles. The minimum absolute atomic E-state index is 0.233. The van der Waals surface area contributed by atoms with Crippen LogP contribution in [0.25, 0.3) is 0 Å². The van der Waals surface area contributed by atoms with Crippen LogP contribution in [-0.2, 0) is 6.42 Å². The van der Waals surface area contributed by atoms with E-state index in [1.54, 1.807) is 7.05 Å². The molecule has 17 heavy (non-hydrogen) atoms. The largest absolute Gasteiger partial charge is 0.363 e. The Hall–Kier alpha value is -2.03. The molecule has 0 aliphatic rings. The molecule has 0 spiro atoms. The highest BCUT2D eigenvalue weighted by molar-refractivity contribution is 7.17. The molecule has 2 aromatic rings. The normalized spacial score (nSPS) is 10.2. The van der Waals surface area contributed by atoms with E-state index in [1.807, 2.05) is 0 Å². The molecule has 0 bridgehead atoms. The quantitative estimate of drug-likeness (QED) is 0.673. The SMILES string of the molecule is CNc1nnc(C(=O)NCCc2ncn[nH]2)s1. The molecule has 3 N–H and O–H groups in total. The minimum atomic E-state index is -0.233. The van der Waals surface area contributed by atoms with Crippen molar-refractivity contribution in [1.29, 1.82) is 0 Å². The molecular formula is C8H11N7OS. The summed E-state index contributed by atoms with van der Waals surface area (Å²) in [6.07, 6.45) is 2.03. The van der Waals surface area contributed by atoms with Crippen LogP contribution in [0.4, 0.5) is 5.13 Å². The molecule has 8 nitrogen and oxygen atoms in total. The molecule has 9 heteroatoms. The van der Waals surface area contributed by atoms with Crippen molar-refractivity contribution in [2.24, 2.45) is 0 Å². The minimum Gasteiger partial charge on any atom is -0.363 e. The van der Waals surface area contributed by atoms with Crippen molar-refractivity contribution in [3.63, 3.8) is 0 Å². The molecule has 0 aliphatic carbocycles. The molecule has 0 unspecified atom stereocenters. The Morgan fingerprint density at radius 1 is 1.53 bits per heavy atom. The fraction of sp³-hybridized carbons (Fsp3) is 0.375. The van der Waals surface area contributed by atoms with E-state index in [0.717, 1.165) is 5.82 Å². The summed E-state index contributed by atoms with van der Waals surface area (Å²) in [5, 5.41) is 20.5. The molecule has 90 valence electrons. The Morgan fingerprint density at radius 2 is 2.41 bits per heavy atom. The van der Waals surface area contributed by atoms with Gasteiger partial charge in [0.2, 0.25) is 10.1 Å². The zero-order chi connectivity index (χ0) is 12.1. The number of aromatic nitrogens is 5. The fourth-order valence-electron chi connectivity index (χ4n) is 1.14. The first-order valence-corrected chi connectivity index (χ1v) is 5.75. The van der Waals surface area contributed by atoms with Crippen molar-refractivity contribution in [1.82, 2.24) is 30.7 Å². The summed E-state index contributed by atoms with van der Waals surface area (Å²) in [5.74, 6) is 0.502. The maximum atomic E-state index is 11.6. The van der Waals surface area contributed by atoms with Gasteiger partial charge >= 0.3 is 0 Å². The number of hydrogen-bond donors (Lipinski definition) is 3. The van der Waals surface area contributed by atoms with Crippen molar-refractivity contribution in [3.05, 3.63) is 17.2 Å². The zero-order valence-electron chi connectivity index (χ0n) is 9.10. The third kappa shape index (κ3) is 2.97. The maximum absolute atomic E-state index is 11.6. The highest BCUT2D eigenvalue weighted by Crippen LogP contribution is 2.13. The Balaban J connectivity index is 1.81. The van der Waals surface area contributed by atoms with Gasteiger partial charge in [-0.25, -0.2) is 4.98 Å². The monoisotopic (exact) mass is 253 g/mol. The molecule has 0 atom stereocenters. The van der Waals surface area contributed by atoms with Crippen molar-refractivity contribution < 1.29 is 4.79 Å². The van der Waals surface area contributed by atoms with E-state index in [-0.39, 0.29) is 5.91 Å². The lowest BCUT2D eigenvalue weighted by molar-refractivity contribution is 0.0953. The van der Waals surface area contributed by atoms with Crippen LogP contribution in [0.15, 0.2) is 6.33 Å². The van der Waals surface area contributed by atoms with Gasteiger partial charge in [0.15, 0.2) is 0 Å². The number of nitrogens with one attached hydrogen (secondary N) is 3. The summed E-state index contributed by atoms with van der Waals surface area (Å²) in [6, 6.07) is 0. The van der Waals surface area contributed by atoms with Crippen LogP contribution >= 0.6 is 11.3 Å². The first-order chi connectivity index (χ1) is 8.29. The van der Waals surface area contributed by atoms with Crippen LogP contribution in [-0.4, -0.2) is 44.9 Å². The molecule has 0 aliphatic heterocycles. The van der Waals surface area contributed by atoms with Crippen LogP contribution in [0.2, 0.25) is 0 Å². The molecule has 2 rings (SSSR count). The van der Waals surface area contributed by atoms with Gasteiger partial charge in [-0.15, -0.1) is 10.2 Å². The highest BCUT2D eigenvalue weighted by Gasteiger charge is 2.11. The van der Waals surface area contributed by atoms with Gasteiger partial charge in [-0.05, 0) is 0 Å². The van der Waals surface area contributed by atoms with Crippen LogP contribution in [0.5, 0.6) is 0 Å². The van der Waals surface area contributed by atoms with Crippen molar-refractivity contribution in [3.8, 4) is 0 Å². The summed E-state index contributed by atoms with van der Waals surface area (Å²) >= 11 is 1.21. The number of H-pyrrole nitrogens is 1. The van der Waals surface area contributed by atoms with Crippen LogP contribution in [0, 0.1) is 0 Å². The second kappa shape index (κ2) is 5.34.